The normalized spacial score (nSPS) is 11.6. The number of benzene rings is 1. The molecular weight excluding hydrogens is 246 g/mol. The van der Waals surface area contributed by atoms with Gasteiger partial charge in [0.15, 0.2) is 11.5 Å². The molecule has 5 heteroatoms. The van der Waals surface area contributed by atoms with E-state index in [-0.39, 0.29) is 5.75 Å². The highest BCUT2D eigenvalue weighted by Crippen LogP contribution is 2.28. The molecule has 0 aromatic heterocycles. The predicted molar refractivity (Wildman–Crippen MR) is 72.5 cm³/mol. The SMILES string of the molecule is CCOc1cc(CN(C)C(C)(C)C(=O)O)ccc1O. The van der Waals surface area contributed by atoms with Crippen molar-refractivity contribution in [3.05, 3.63) is 23.8 Å². The summed E-state index contributed by atoms with van der Waals surface area (Å²) < 4.78 is 5.31. The molecule has 0 atom stereocenters. The van der Waals surface area contributed by atoms with Crippen LogP contribution >= 0.6 is 0 Å². The van der Waals surface area contributed by atoms with Gasteiger partial charge in [-0.2, -0.15) is 0 Å². The van der Waals surface area contributed by atoms with Gasteiger partial charge in [-0.25, -0.2) is 0 Å². The lowest BCUT2D eigenvalue weighted by Gasteiger charge is -2.31. The molecule has 0 amide bonds. The third-order valence-corrected chi connectivity index (χ3v) is 3.22. The van der Waals surface area contributed by atoms with Crippen LogP contribution in [0.3, 0.4) is 0 Å². The van der Waals surface area contributed by atoms with Gasteiger partial charge in [-0.3, -0.25) is 9.69 Å². The van der Waals surface area contributed by atoms with Crippen LogP contribution in [0.15, 0.2) is 18.2 Å². The number of aliphatic carboxylic acids is 1. The van der Waals surface area contributed by atoms with Crippen molar-refractivity contribution in [2.24, 2.45) is 0 Å². The highest BCUT2D eigenvalue weighted by molar-refractivity contribution is 5.77. The van der Waals surface area contributed by atoms with Gasteiger partial charge in [0, 0.05) is 6.54 Å². The van der Waals surface area contributed by atoms with Crippen LogP contribution in [0.25, 0.3) is 0 Å². The van der Waals surface area contributed by atoms with Crippen molar-refractivity contribution in [1.29, 1.82) is 0 Å². The Morgan fingerprint density at radius 1 is 1.42 bits per heavy atom. The number of likely N-dealkylation sites (N-methyl/N-ethyl adjacent to an activating group) is 1. The molecule has 0 saturated carbocycles. The van der Waals surface area contributed by atoms with Gasteiger partial charge in [0.1, 0.15) is 5.54 Å². The first-order valence-corrected chi connectivity index (χ1v) is 6.18. The Hall–Kier alpha value is -1.75. The van der Waals surface area contributed by atoms with Crippen molar-refractivity contribution < 1.29 is 19.7 Å². The molecule has 0 unspecified atom stereocenters. The molecule has 19 heavy (non-hydrogen) atoms. The number of ether oxygens (including phenoxy) is 1. The monoisotopic (exact) mass is 267 g/mol. The quantitative estimate of drug-likeness (QED) is 0.826. The Balaban J connectivity index is 2.88. The Morgan fingerprint density at radius 3 is 2.58 bits per heavy atom. The average molecular weight is 267 g/mol. The summed E-state index contributed by atoms with van der Waals surface area (Å²) in [6, 6.07) is 5.04. The molecule has 0 bridgehead atoms. The van der Waals surface area contributed by atoms with E-state index in [0.717, 1.165) is 5.56 Å². The van der Waals surface area contributed by atoms with Crippen LogP contribution in [-0.2, 0) is 11.3 Å². The molecule has 106 valence electrons. The molecule has 0 fully saturated rings. The topological polar surface area (TPSA) is 70.0 Å². The van der Waals surface area contributed by atoms with Crippen molar-refractivity contribution in [2.75, 3.05) is 13.7 Å². The number of hydrogen-bond donors (Lipinski definition) is 2. The lowest BCUT2D eigenvalue weighted by Crippen LogP contribution is -2.47. The molecular formula is C14H21NO4. The van der Waals surface area contributed by atoms with Crippen molar-refractivity contribution >= 4 is 5.97 Å². The van der Waals surface area contributed by atoms with Gasteiger partial charge in [-0.05, 0) is 45.5 Å². The highest BCUT2D eigenvalue weighted by Gasteiger charge is 2.31. The smallest absolute Gasteiger partial charge is 0.323 e. The number of phenolic OH excluding ortho intramolecular Hbond substituents is 1. The molecule has 2 N–H and O–H groups in total. The number of carboxylic acid groups (broad SMARTS) is 1. The number of nitrogens with zero attached hydrogens (tertiary/aromatic N) is 1. The minimum absolute atomic E-state index is 0.0887. The zero-order valence-corrected chi connectivity index (χ0v) is 11.8. The Kier molecular flexibility index (Phi) is 4.78. The number of carbonyl (C=O) groups is 1. The summed E-state index contributed by atoms with van der Waals surface area (Å²) >= 11 is 0. The van der Waals surface area contributed by atoms with E-state index in [1.807, 2.05) is 6.92 Å². The van der Waals surface area contributed by atoms with E-state index in [1.165, 1.54) is 0 Å². The van der Waals surface area contributed by atoms with Gasteiger partial charge in [-0.1, -0.05) is 6.07 Å². The van der Waals surface area contributed by atoms with E-state index >= 15 is 0 Å². The number of hydrogen-bond acceptors (Lipinski definition) is 4. The van der Waals surface area contributed by atoms with Crippen LogP contribution in [0, 0.1) is 0 Å². The summed E-state index contributed by atoms with van der Waals surface area (Å²) in [6.07, 6.45) is 0. The van der Waals surface area contributed by atoms with Gasteiger partial charge in [0.05, 0.1) is 6.61 Å². The summed E-state index contributed by atoms with van der Waals surface area (Å²) in [5, 5.41) is 18.8. The maximum Gasteiger partial charge on any atom is 0.323 e. The molecule has 5 nitrogen and oxygen atoms in total. The van der Waals surface area contributed by atoms with E-state index in [2.05, 4.69) is 0 Å². The van der Waals surface area contributed by atoms with Gasteiger partial charge >= 0.3 is 5.97 Å². The summed E-state index contributed by atoms with van der Waals surface area (Å²) in [4.78, 5) is 12.9. The molecule has 0 saturated heterocycles. The molecule has 0 radical (unpaired) electrons. The fourth-order valence-corrected chi connectivity index (χ4v) is 1.56. The predicted octanol–water partition coefficient (Wildman–Crippen LogP) is 2.09. The van der Waals surface area contributed by atoms with Crippen molar-refractivity contribution in [2.45, 2.75) is 32.9 Å². The second-order valence-electron chi connectivity index (χ2n) is 4.96. The first kappa shape index (κ1) is 15.3. The second kappa shape index (κ2) is 5.93. The maximum absolute atomic E-state index is 11.2. The van der Waals surface area contributed by atoms with Crippen LogP contribution < -0.4 is 4.74 Å². The average Bonchev–Trinajstić information content (AvgIpc) is 2.33. The Labute approximate surface area is 113 Å². The van der Waals surface area contributed by atoms with Gasteiger partial charge < -0.3 is 14.9 Å². The van der Waals surface area contributed by atoms with E-state index in [4.69, 9.17) is 9.84 Å². The zero-order valence-electron chi connectivity index (χ0n) is 11.8. The van der Waals surface area contributed by atoms with E-state index in [9.17, 15) is 9.90 Å². The maximum atomic E-state index is 11.2. The second-order valence-corrected chi connectivity index (χ2v) is 4.96. The minimum atomic E-state index is -0.955. The minimum Gasteiger partial charge on any atom is -0.504 e. The third kappa shape index (κ3) is 3.61. The van der Waals surface area contributed by atoms with Gasteiger partial charge in [0.25, 0.3) is 0 Å². The van der Waals surface area contributed by atoms with E-state index < -0.39 is 11.5 Å². The first-order chi connectivity index (χ1) is 8.78. The van der Waals surface area contributed by atoms with Crippen LogP contribution in [0.1, 0.15) is 26.3 Å². The van der Waals surface area contributed by atoms with Crippen molar-refractivity contribution in [1.82, 2.24) is 4.90 Å². The highest BCUT2D eigenvalue weighted by atomic mass is 16.5. The molecule has 1 aromatic carbocycles. The van der Waals surface area contributed by atoms with Crippen LogP contribution in [0.5, 0.6) is 11.5 Å². The molecule has 0 aliphatic carbocycles. The summed E-state index contributed by atoms with van der Waals surface area (Å²) in [5.74, 6) is -0.369. The number of carboxylic acids is 1. The summed E-state index contributed by atoms with van der Waals surface area (Å²) in [5.41, 5.74) is -0.0676. The lowest BCUT2D eigenvalue weighted by atomic mass is 10.0. The Morgan fingerprint density at radius 2 is 2.05 bits per heavy atom. The zero-order chi connectivity index (χ0) is 14.6. The van der Waals surface area contributed by atoms with Crippen LogP contribution in [-0.4, -0.2) is 40.3 Å². The van der Waals surface area contributed by atoms with E-state index in [0.29, 0.717) is 18.9 Å². The van der Waals surface area contributed by atoms with Crippen LogP contribution in [0.4, 0.5) is 0 Å². The van der Waals surface area contributed by atoms with Gasteiger partial charge in [0.2, 0.25) is 0 Å². The third-order valence-electron chi connectivity index (χ3n) is 3.22. The molecule has 0 spiro atoms. The lowest BCUT2D eigenvalue weighted by molar-refractivity contribution is -0.148. The largest absolute Gasteiger partial charge is 0.504 e. The first-order valence-electron chi connectivity index (χ1n) is 6.18. The van der Waals surface area contributed by atoms with Gasteiger partial charge in [-0.15, -0.1) is 0 Å². The summed E-state index contributed by atoms with van der Waals surface area (Å²) in [7, 11) is 1.75. The fourth-order valence-electron chi connectivity index (χ4n) is 1.56. The van der Waals surface area contributed by atoms with Crippen molar-refractivity contribution in [3.63, 3.8) is 0 Å². The molecule has 0 aliphatic rings. The number of aromatic hydroxyl groups is 1. The number of rotatable bonds is 6. The van der Waals surface area contributed by atoms with E-state index in [1.54, 1.807) is 44.0 Å². The van der Waals surface area contributed by atoms with Crippen molar-refractivity contribution in [3.8, 4) is 11.5 Å². The summed E-state index contributed by atoms with van der Waals surface area (Å²) in [6.45, 7) is 6.07. The number of phenols is 1. The van der Waals surface area contributed by atoms with Crippen LogP contribution in [0.2, 0.25) is 0 Å². The standard InChI is InChI=1S/C14H21NO4/c1-5-19-12-8-10(6-7-11(12)16)9-15(4)14(2,3)13(17)18/h6-8,16H,5,9H2,1-4H3,(H,17,18). The molecule has 0 heterocycles. The molecule has 1 aromatic rings. The molecule has 1 rings (SSSR count). The Bertz CT molecular complexity index is 457. The molecule has 0 aliphatic heterocycles. The fraction of sp³-hybridized carbons (Fsp3) is 0.500.